The van der Waals surface area contributed by atoms with Crippen molar-refractivity contribution in [2.24, 2.45) is 5.92 Å². The van der Waals surface area contributed by atoms with Crippen molar-refractivity contribution in [3.8, 4) is 0 Å². The van der Waals surface area contributed by atoms with E-state index in [9.17, 15) is 4.79 Å². The summed E-state index contributed by atoms with van der Waals surface area (Å²) < 4.78 is 5.09. The molecule has 0 aromatic rings. The summed E-state index contributed by atoms with van der Waals surface area (Å²) in [6.45, 7) is 6.48. The van der Waals surface area contributed by atoms with Crippen LogP contribution in [0.5, 0.6) is 0 Å². The molecule has 0 unspecified atom stereocenters. The van der Waals surface area contributed by atoms with Crippen LogP contribution in [0, 0.1) is 5.92 Å². The van der Waals surface area contributed by atoms with Gasteiger partial charge in [-0.1, -0.05) is 13.5 Å². The first-order chi connectivity index (χ1) is 7.33. The maximum Gasteiger partial charge on any atom is 0.246 e. The summed E-state index contributed by atoms with van der Waals surface area (Å²) >= 11 is 0. The van der Waals surface area contributed by atoms with E-state index in [4.69, 9.17) is 28.3 Å². The lowest BCUT2D eigenvalue weighted by Gasteiger charge is -2.28. The minimum absolute atomic E-state index is 0.0319. The van der Waals surface area contributed by atoms with Crippen molar-refractivity contribution in [2.45, 2.75) is 24.7 Å². The van der Waals surface area contributed by atoms with E-state index in [1.807, 2.05) is 0 Å². The molecule has 1 aliphatic rings. The van der Waals surface area contributed by atoms with E-state index >= 15 is 0 Å². The molecule has 1 saturated heterocycles. The fourth-order valence-electron chi connectivity index (χ4n) is 1.94. The third-order valence-electron chi connectivity index (χ3n) is 2.61. The normalized spacial score (nSPS) is 25.7. The zero-order chi connectivity index (χ0) is 12.3. The lowest BCUT2D eigenvalue weighted by Crippen LogP contribution is -2.42. The maximum atomic E-state index is 11.6. The van der Waals surface area contributed by atoms with Gasteiger partial charge in [-0.15, -0.1) is 0 Å². The maximum absolute atomic E-state index is 11.6. The molecule has 0 N–H and O–H groups in total. The van der Waals surface area contributed by atoms with Gasteiger partial charge in [-0.25, -0.2) is 0 Å². The van der Waals surface area contributed by atoms with Gasteiger partial charge in [0.15, 0.2) is 0 Å². The number of likely N-dealkylation sites (tertiary alicyclic amines) is 1. The fourth-order valence-corrected chi connectivity index (χ4v) is 1.94. The molecule has 1 heterocycles. The van der Waals surface area contributed by atoms with Crippen LogP contribution >= 0.6 is 0 Å². The van der Waals surface area contributed by atoms with Gasteiger partial charge in [0.05, 0.1) is 36.2 Å². The molecule has 1 fully saturated rings. The van der Waals surface area contributed by atoms with Crippen LogP contribution in [0.2, 0.25) is 0 Å². The Morgan fingerprint density at radius 3 is 2.75 bits per heavy atom. The van der Waals surface area contributed by atoms with Crippen LogP contribution in [0.1, 0.15) is 13.3 Å². The number of carbonyl (C=O) groups excluding carboxylic acids is 1. The molecule has 1 amide bonds. The van der Waals surface area contributed by atoms with Crippen molar-refractivity contribution in [1.29, 1.82) is 0 Å². The second-order valence-corrected chi connectivity index (χ2v) is 4.35. The summed E-state index contributed by atoms with van der Waals surface area (Å²) in [7, 11) is 15.9. The Bertz CT molecular complexity index is 278. The number of nitrogens with zero attached hydrogens (tertiary/aromatic N) is 1. The quantitative estimate of drug-likeness (QED) is 0.467. The smallest absolute Gasteiger partial charge is 0.246 e. The molecule has 0 bridgehead atoms. The van der Waals surface area contributed by atoms with Crippen LogP contribution < -0.4 is 0 Å². The monoisotopic (exact) mass is 213 g/mol. The Labute approximate surface area is 101 Å². The van der Waals surface area contributed by atoms with Crippen molar-refractivity contribution >= 4 is 29.4 Å². The molecule has 6 heteroatoms. The van der Waals surface area contributed by atoms with Gasteiger partial charge in [0.25, 0.3) is 0 Å². The van der Waals surface area contributed by atoms with E-state index in [0.29, 0.717) is 12.5 Å². The topological polar surface area (TPSA) is 29.5 Å². The first kappa shape index (κ1) is 13.4. The van der Waals surface area contributed by atoms with Gasteiger partial charge in [0, 0.05) is 6.54 Å². The summed E-state index contributed by atoms with van der Waals surface area (Å²) in [6, 6.07) is -0.0319. The lowest BCUT2D eigenvalue weighted by atomic mass is 9.52. The Morgan fingerprint density at radius 2 is 2.25 bits per heavy atom. The minimum atomic E-state index is -1.64. The molecule has 0 spiro atoms. The molecule has 80 valence electrons. The molecular formula is C10H14B3NO2. The summed E-state index contributed by atoms with van der Waals surface area (Å²) in [5, 5.41) is -1.64. The van der Waals surface area contributed by atoms with Gasteiger partial charge < -0.3 is 9.64 Å². The van der Waals surface area contributed by atoms with E-state index in [1.54, 1.807) is 4.90 Å². The number of rotatable bonds is 4. The first-order valence-corrected chi connectivity index (χ1v) is 5.27. The van der Waals surface area contributed by atoms with Crippen LogP contribution in [0.15, 0.2) is 12.7 Å². The van der Waals surface area contributed by atoms with E-state index in [2.05, 4.69) is 13.5 Å². The molecule has 0 aromatic carbocycles. The first-order valence-electron chi connectivity index (χ1n) is 5.27. The van der Waals surface area contributed by atoms with Crippen LogP contribution in [-0.2, 0) is 9.53 Å². The molecule has 16 heavy (non-hydrogen) atoms. The lowest BCUT2D eigenvalue weighted by molar-refractivity contribution is -0.128. The highest BCUT2D eigenvalue weighted by Crippen LogP contribution is 2.23. The molecular weight excluding hydrogens is 199 g/mol. The van der Waals surface area contributed by atoms with E-state index in [-0.39, 0.29) is 18.6 Å². The van der Waals surface area contributed by atoms with Gasteiger partial charge in [0.1, 0.15) is 0 Å². The summed E-state index contributed by atoms with van der Waals surface area (Å²) in [5.74, 6) is 0.329. The number of hydrogen-bond donors (Lipinski definition) is 0. The fraction of sp³-hybridized carbons (Fsp3) is 0.700. The van der Waals surface area contributed by atoms with Gasteiger partial charge in [-0.3, -0.25) is 4.79 Å². The number of hydrogen-bond acceptors (Lipinski definition) is 2. The molecule has 0 aromatic heterocycles. The Balaban J connectivity index is 2.56. The predicted molar refractivity (Wildman–Crippen MR) is 65.4 cm³/mol. The molecule has 3 nitrogen and oxygen atoms in total. The molecule has 1 rings (SSSR count). The van der Waals surface area contributed by atoms with Gasteiger partial charge in [-0.05, 0) is 23.7 Å². The zero-order valence-corrected chi connectivity index (χ0v) is 9.56. The third kappa shape index (κ3) is 3.74. The van der Waals surface area contributed by atoms with Crippen molar-refractivity contribution < 1.29 is 9.53 Å². The summed E-state index contributed by atoms with van der Waals surface area (Å²) in [5.41, 5.74) is 0. The highest BCUT2D eigenvalue weighted by atomic mass is 16.5. The molecule has 2 atom stereocenters. The second kappa shape index (κ2) is 5.13. The van der Waals surface area contributed by atoms with Crippen molar-refractivity contribution in [3.05, 3.63) is 12.7 Å². The molecule has 6 radical (unpaired) electrons. The predicted octanol–water partition coefficient (Wildman–Crippen LogP) is -0.457. The van der Waals surface area contributed by atoms with Gasteiger partial charge in [0.2, 0.25) is 5.91 Å². The summed E-state index contributed by atoms with van der Waals surface area (Å²) in [6.07, 6.45) is 2.15. The van der Waals surface area contributed by atoms with Gasteiger partial charge >= 0.3 is 0 Å². The third-order valence-corrected chi connectivity index (χ3v) is 2.61. The number of amides is 1. The number of carbonyl (C=O) groups is 1. The largest absolute Gasteiger partial charge is 0.401 e. The average Bonchev–Trinajstić information content (AvgIpc) is 2.54. The standard InChI is InChI=1S/C10H14B3NO2/c1-3-9(15)14-5-7(2)4-8(14)6-16-10(11,12)13/h3,7-8H,1,4-6H2,2H3/t7-,8+/m0/s1. The average molecular weight is 213 g/mol. The molecule has 0 saturated carbocycles. The zero-order valence-electron chi connectivity index (χ0n) is 9.56. The van der Waals surface area contributed by atoms with Crippen LogP contribution in [-0.4, -0.2) is 58.8 Å². The van der Waals surface area contributed by atoms with Crippen LogP contribution in [0.3, 0.4) is 0 Å². The summed E-state index contributed by atoms with van der Waals surface area (Å²) in [4.78, 5) is 13.3. The van der Waals surface area contributed by atoms with E-state index < -0.39 is 5.30 Å². The Morgan fingerprint density at radius 1 is 1.62 bits per heavy atom. The van der Waals surface area contributed by atoms with E-state index in [0.717, 1.165) is 6.42 Å². The number of ether oxygens (including phenoxy) is 1. The minimum Gasteiger partial charge on any atom is -0.401 e. The van der Waals surface area contributed by atoms with Crippen LogP contribution in [0.25, 0.3) is 0 Å². The van der Waals surface area contributed by atoms with Gasteiger partial charge in [-0.2, -0.15) is 0 Å². The Hall–Kier alpha value is -0.635. The molecule has 1 aliphatic heterocycles. The van der Waals surface area contributed by atoms with Crippen molar-refractivity contribution in [2.75, 3.05) is 13.2 Å². The van der Waals surface area contributed by atoms with E-state index in [1.165, 1.54) is 6.08 Å². The van der Waals surface area contributed by atoms with Crippen molar-refractivity contribution in [1.82, 2.24) is 4.90 Å². The molecule has 0 aliphatic carbocycles. The second-order valence-electron chi connectivity index (χ2n) is 4.35. The highest BCUT2D eigenvalue weighted by Gasteiger charge is 2.32. The Kier molecular flexibility index (Phi) is 4.31. The highest BCUT2D eigenvalue weighted by molar-refractivity contribution is 6.58. The van der Waals surface area contributed by atoms with Crippen molar-refractivity contribution in [3.63, 3.8) is 0 Å². The van der Waals surface area contributed by atoms with Crippen LogP contribution in [0.4, 0.5) is 0 Å². The SMILES string of the molecule is [B]C([B])([B])OC[C@H]1C[C@H](C)CN1C(=O)C=C.